The normalized spacial score (nSPS) is 32.7. The molecule has 3 amide bonds. The number of nitrogens with zero attached hydrogens (tertiary/aromatic N) is 2. The van der Waals surface area contributed by atoms with Gasteiger partial charge in [0.25, 0.3) is 5.91 Å². The second kappa shape index (κ2) is 12.3. The molecule has 4 heterocycles. The number of unbranched alkanes of at least 4 members (excludes halogenated alkanes) is 2. The van der Waals surface area contributed by atoms with E-state index in [1.807, 2.05) is 6.08 Å². The molecule has 2 saturated heterocycles. The Morgan fingerprint density at radius 2 is 1.85 bits per heavy atom. The lowest BCUT2D eigenvalue weighted by Gasteiger charge is -2.35. The maximum absolute atomic E-state index is 14.4. The van der Waals surface area contributed by atoms with E-state index in [2.05, 4.69) is 5.32 Å². The van der Waals surface area contributed by atoms with Gasteiger partial charge in [0.05, 0.1) is 18.6 Å². The first kappa shape index (κ1) is 29.3. The van der Waals surface area contributed by atoms with Crippen molar-refractivity contribution < 1.29 is 33.8 Å². The number of anilines is 1. The predicted molar refractivity (Wildman–Crippen MR) is 151 cm³/mol. The third-order valence-corrected chi connectivity index (χ3v) is 8.48. The van der Waals surface area contributed by atoms with Gasteiger partial charge in [-0.1, -0.05) is 35.9 Å². The maximum atomic E-state index is 14.4. The number of cyclic esters (lactones) is 1. The molecule has 0 aliphatic carbocycles. The highest BCUT2D eigenvalue weighted by Crippen LogP contribution is 2.53. The summed E-state index contributed by atoms with van der Waals surface area (Å²) in [6.45, 7) is 2.42. The van der Waals surface area contributed by atoms with Crippen molar-refractivity contribution in [1.82, 2.24) is 10.2 Å². The second-order valence-electron chi connectivity index (χ2n) is 11.0. The molecule has 4 aliphatic heterocycles. The molecule has 11 heteroatoms. The van der Waals surface area contributed by atoms with Crippen molar-refractivity contribution in [1.29, 1.82) is 0 Å². The number of likely N-dealkylation sites (tertiary alicyclic amines) is 1. The summed E-state index contributed by atoms with van der Waals surface area (Å²) in [6.07, 6.45) is 8.21. The van der Waals surface area contributed by atoms with Gasteiger partial charge < -0.3 is 29.7 Å². The zero-order chi connectivity index (χ0) is 29.1. The highest BCUT2D eigenvalue weighted by atomic mass is 35.5. The molecule has 0 bridgehead atoms. The van der Waals surface area contributed by atoms with Crippen molar-refractivity contribution in [3.05, 3.63) is 53.6 Å². The number of amides is 3. The van der Waals surface area contributed by atoms with Crippen LogP contribution in [-0.2, 0) is 28.7 Å². The van der Waals surface area contributed by atoms with E-state index in [9.17, 15) is 24.3 Å². The van der Waals surface area contributed by atoms with Crippen LogP contribution in [0.2, 0.25) is 5.02 Å². The third-order valence-electron chi connectivity index (χ3n) is 8.23. The van der Waals surface area contributed by atoms with Gasteiger partial charge in [0, 0.05) is 36.8 Å². The Bertz CT molecular complexity index is 1230. The Morgan fingerprint density at radius 1 is 1.07 bits per heavy atom. The number of halogens is 1. The second-order valence-corrected chi connectivity index (χ2v) is 11.4. The van der Waals surface area contributed by atoms with Crippen molar-refractivity contribution in [2.75, 3.05) is 31.1 Å². The fourth-order valence-electron chi connectivity index (χ4n) is 6.33. The van der Waals surface area contributed by atoms with Crippen molar-refractivity contribution in [3.8, 4) is 0 Å². The van der Waals surface area contributed by atoms with Gasteiger partial charge in [-0.25, -0.2) is 0 Å². The summed E-state index contributed by atoms with van der Waals surface area (Å²) >= 11 is 6.10. The average molecular weight is 586 g/mol. The Kier molecular flexibility index (Phi) is 8.82. The topological polar surface area (TPSA) is 125 Å². The summed E-state index contributed by atoms with van der Waals surface area (Å²) in [4.78, 5) is 57.5. The summed E-state index contributed by atoms with van der Waals surface area (Å²) in [6, 6.07) is 5.91. The quantitative estimate of drug-likeness (QED) is 0.298. The number of hydrogen-bond acceptors (Lipinski definition) is 7. The average Bonchev–Trinajstić information content (AvgIpc) is 3.33. The molecule has 4 aliphatic rings. The van der Waals surface area contributed by atoms with Gasteiger partial charge >= 0.3 is 5.97 Å². The fraction of sp³-hybridized carbons (Fsp3) is 0.533. The van der Waals surface area contributed by atoms with E-state index in [0.29, 0.717) is 36.4 Å². The van der Waals surface area contributed by atoms with E-state index in [0.717, 1.165) is 0 Å². The van der Waals surface area contributed by atoms with E-state index in [1.165, 1.54) is 0 Å². The number of carbonyl (C=O) groups is 4. The van der Waals surface area contributed by atoms with Crippen LogP contribution in [0.15, 0.2) is 48.6 Å². The lowest BCUT2D eigenvalue weighted by molar-refractivity contribution is -0.158. The number of carbonyl (C=O) groups excluding carboxylic acids is 4. The Balaban J connectivity index is 1.55. The molecule has 0 radical (unpaired) electrons. The standard InChI is InChI=1S/C30H36ClN3O7/c1-19-18-32-23(36)9-4-3-8-22-24(29(39)40-19)25-27(37)34(15-5-2-6-17-35)26-28(38)33(16-7-14-30(25,26)41-22)21-12-10-20(31)11-13-21/h3,7-8,10-14,19,22,24-26,35H,2,4-6,9,15-18H2,1H3,(H,32,36)/b8-3-/t19-,22-,24+,25+,26-,30+/m1/s1. The lowest BCUT2D eigenvalue weighted by atomic mass is 9.78. The fourth-order valence-corrected chi connectivity index (χ4v) is 6.45. The van der Waals surface area contributed by atoms with Crippen LogP contribution in [0.25, 0.3) is 0 Å². The van der Waals surface area contributed by atoms with Crippen LogP contribution < -0.4 is 10.2 Å². The number of aliphatic hydroxyl groups excluding tert-OH is 1. The van der Waals surface area contributed by atoms with Gasteiger partial charge in [0.1, 0.15) is 23.7 Å². The molecule has 1 aromatic rings. The number of esters is 1. The number of fused-ring (bicyclic) bond motifs is 2. The molecular weight excluding hydrogens is 550 g/mol. The number of benzene rings is 1. The number of ether oxygens (including phenoxy) is 2. The molecule has 2 fully saturated rings. The van der Waals surface area contributed by atoms with Gasteiger partial charge in [-0.15, -0.1) is 0 Å². The van der Waals surface area contributed by atoms with E-state index in [1.54, 1.807) is 59.2 Å². The molecule has 2 N–H and O–H groups in total. The summed E-state index contributed by atoms with van der Waals surface area (Å²) in [5, 5.41) is 12.6. The minimum Gasteiger partial charge on any atom is -0.460 e. The van der Waals surface area contributed by atoms with Gasteiger partial charge in [0.2, 0.25) is 11.8 Å². The minimum absolute atomic E-state index is 0.0413. The van der Waals surface area contributed by atoms with Crippen LogP contribution >= 0.6 is 11.6 Å². The van der Waals surface area contributed by atoms with Gasteiger partial charge in [-0.3, -0.25) is 19.2 Å². The number of nitrogens with one attached hydrogen (secondary N) is 1. The van der Waals surface area contributed by atoms with Crippen LogP contribution in [-0.4, -0.2) is 83.8 Å². The number of allylic oxidation sites excluding steroid dienone is 1. The first-order valence-corrected chi connectivity index (χ1v) is 14.6. The molecule has 10 nitrogen and oxygen atoms in total. The molecule has 6 atom stereocenters. The van der Waals surface area contributed by atoms with E-state index < -0.39 is 41.7 Å². The maximum Gasteiger partial charge on any atom is 0.313 e. The molecule has 1 spiro atoms. The summed E-state index contributed by atoms with van der Waals surface area (Å²) in [5.74, 6) is -3.33. The van der Waals surface area contributed by atoms with Crippen LogP contribution in [0.3, 0.4) is 0 Å². The van der Waals surface area contributed by atoms with Crippen LogP contribution in [0.5, 0.6) is 0 Å². The first-order valence-electron chi connectivity index (χ1n) is 14.2. The third kappa shape index (κ3) is 5.65. The van der Waals surface area contributed by atoms with E-state index in [4.69, 9.17) is 21.1 Å². The van der Waals surface area contributed by atoms with Crippen molar-refractivity contribution in [3.63, 3.8) is 0 Å². The Labute approximate surface area is 244 Å². The molecule has 5 rings (SSSR count). The summed E-state index contributed by atoms with van der Waals surface area (Å²) in [7, 11) is 0. The monoisotopic (exact) mass is 585 g/mol. The molecule has 1 aromatic carbocycles. The zero-order valence-corrected chi connectivity index (χ0v) is 23.8. The molecule has 0 saturated carbocycles. The van der Waals surface area contributed by atoms with E-state index in [-0.39, 0.29) is 50.4 Å². The van der Waals surface area contributed by atoms with Crippen LogP contribution in [0.1, 0.15) is 39.0 Å². The number of rotatable bonds is 6. The zero-order valence-electron chi connectivity index (χ0n) is 23.0. The number of hydrogen-bond donors (Lipinski definition) is 2. The lowest BCUT2D eigenvalue weighted by Crippen LogP contribution is -2.55. The SMILES string of the molecule is C[C@@H]1CNC(=O)CC/C=C\[C@H]2O[C@]34C=CCN(c5ccc(Cl)cc5)C(=O)[C@H]3N(CCCCCO)C(=O)[C@@H]4[C@H]2C(=O)O1. The first-order chi connectivity index (χ1) is 19.8. The highest BCUT2D eigenvalue weighted by molar-refractivity contribution is 6.30. The molecule has 41 heavy (non-hydrogen) atoms. The predicted octanol–water partition coefficient (Wildman–Crippen LogP) is 2.38. The van der Waals surface area contributed by atoms with Crippen molar-refractivity contribution in [2.45, 2.75) is 62.9 Å². The number of aliphatic hydroxyl groups is 1. The van der Waals surface area contributed by atoms with E-state index >= 15 is 0 Å². The van der Waals surface area contributed by atoms with Crippen LogP contribution in [0, 0.1) is 11.8 Å². The summed E-state index contributed by atoms with van der Waals surface area (Å²) in [5.41, 5.74) is -0.755. The minimum atomic E-state index is -1.39. The van der Waals surface area contributed by atoms with Crippen LogP contribution in [0.4, 0.5) is 5.69 Å². The molecule has 0 unspecified atom stereocenters. The van der Waals surface area contributed by atoms with Crippen molar-refractivity contribution >= 4 is 41.0 Å². The van der Waals surface area contributed by atoms with Gasteiger partial charge in [0.15, 0.2) is 0 Å². The highest BCUT2D eigenvalue weighted by Gasteiger charge is 2.71. The van der Waals surface area contributed by atoms with Crippen molar-refractivity contribution in [2.24, 2.45) is 11.8 Å². The smallest absolute Gasteiger partial charge is 0.313 e. The largest absolute Gasteiger partial charge is 0.460 e. The molecular formula is C30H36ClN3O7. The Hall–Kier alpha value is -3.21. The Morgan fingerprint density at radius 3 is 2.61 bits per heavy atom. The van der Waals surface area contributed by atoms with Gasteiger partial charge in [-0.05, 0) is 56.9 Å². The van der Waals surface area contributed by atoms with Gasteiger partial charge in [-0.2, -0.15) is 0 Å². The molecule has 220 valence electrons. The molecule has 0 aromatic heterocycles. The summed E-state index contributed by atoms with van der Waals surface area (Å²) < 4.78 is 12.4.